The van der Waals surface area contributed by atoms with Gasteiger partial charge >= 0.3 is 5.97 Å². The predicted octanol–water partition coefficient (Wildman–Crippen LogP) is -0.488. The molecule has 0 aliphatic carbocycles. The van der Waals surface area contributed by atoms with Gasteiger partial charge in [0.2, 0.25) is 0 Å². The third kappa shape index (κ3) is 1.97. The monoisotopic (exact) mass is 212 g/mol. The van der Waals surface area contributed by atoms with Gasteiger partial charge in [0, 0.05) is 6.04 Å². The van der Waals surface area contributed by atoms with Crippen LogP contribution in [0.1, 0.15) is 19.8 Å². The molecule has 0 aromatic rings. The number of nitrogens with zero attached hydrogens (tertiary/aromatic N) is 1. The second kappa shape index (κ2) is 4.18. The van der Waals surface area contributed by atoms with Crippen LogP contribution in [0.15, 0.2) is 0 Å². The molecule has 2 saturated heterocycles. The molecule has 2 aliphatic rings. The van der Waals surface area contributed by atoms with Gasteiger partial charge in [-0.05, 0) is 32.9 Å². The lowest BCUT2D eigenvalue weighted by Gasteiger charge is -2.40. The van der Waals surface area contributed by atoms with Gasteiger partial charge in [0.25, 0.3) is 5.91 Å². The molecular weight excluding hydrogens is 196 g/mol. The van der Waals surface area contributed by atoms with Crippen molar-refractivity contribution >= 4 is 11.9 Å². The van der Waals surface area contributed by atoms with Crippen LogP contribution in [-0.2, 0) is 14.3 Å². The van der Waals surface area contributed by atoms with Crippen molar-refractivity contribution < 1.29 is 14.3 Å². The number of piperidine rings is 1. The van der Waals surface area contributed by atoms with Crippen LogP contribution >= 0.6 is 0 Å². The molecule has 0 radical (unpaired) electrons. The lowest BCUT2D eigenvalue weighted by molar-refractivity contribution is -0.171. The van der Waals surface area contributed by atoms with Crippen molar-refractivity contribution in [3.05, 3.63) is 0 Å². The molecule has 5 nitrogen and oxygen atoms in total. The number of amides is 1. The highest BCUT2D eigenvalue weighted by Gasteiger charge is 2.37. The highest BCUT2D eigenvalue weighted by molar-refractivity contribution is 5.90. The normalized spacial score (nSPS) is 29.1. The number of hydrogen-bond donors (Lipinski definition) is 1. The Balaban J connectivity index is 2.09. The number of ether oxygens (including phenoxy) is 1. The van der Waals surface area contributed by atoms with E-state index in [1.165, 1.54) is 0 Å². The SMILES string of the molecule is CC1C(=O)OCC(=O)N1C1CCNCC1. The zero-order chi connectivity index (χ0) is 10.8. The van der Waals surface area contributed by atoms with Gasteiger partial charge in [-0.2, -0.15) is 0 Å². The zero-order valence-electron chi connectivity index (χ0n) is 8.86. The molecule has 0 aromatic heterocycles. The fourth-order valence-electron chi connectivity index (χ4n) is 2.26. The summed E-state index contributed by atoms with van der Waals surface area (Å²) in [4.78, 5) is 24.7. The smallest absolute Gasteiger partial charge is 0.329 e. The van der Waals surface area contributed by atoms with E-state index in [1.54, 1.807) is 11.8 Å². The van der Waals surface area contributed by atoms with E-state index >= 15 is 0 Å². The quantitative estimate of drug-likeness (QED) is 0.596. The molecule has 2 heterocycles. The Morgan fingerprint density at radius 2 is 2.00 bits per heavy atom. The highest BCUT2D eigenvalue weighted by Crippen LogP contribution is 2.19. The summed E-state index contributed by atoms with van der Waals surface area (Å²) in [6.45, 7) is 3.47. The van der Waals surface area contributed by atoms with Crippen molar-refractivity contribution in [3.63, 3.8) is 0 Å². The van der Waals surface area contributed by atoms with E-state index in [0.29, 0.717) is 0 Å². The molecule has 0 spiro atoms. The van der Waals surface area contributed by atoms with Crippen LogP contribution in [0.2, 0.25) is 0 Å². The molecule has 1 unspecified atom stereocenters. The van der Waals surface area contributed by atoms with E-state index in [4.69, 9.17) is 4.74 Å². The molecule has 15 heavy (non-hydrogen) atoms. The van der Waals surface area contributed by atoms with Crippen LogP contribution in [-0.4, -0.2) is 48.6 Å². The largest absolute Gasteiger partial charge is 0.454 e. The number of morpholine rings is 1. The fourth-order valence-corrected chi connectivity index (χ4v) is 2.26. The first-order chi connectivity index (χ1) is 7.20. The molecule has 1 atom stereocenters. The first-order valence-corrected chi connectivity index (χ1v) is 5.38. The Labute approximate surface area is 88.8 Å². The summed E-state index contributed by atoms with van der Waals surface area (Å²) in [6, 6.07) is -0.226. The molecule has 2 rings (SSSR count). The first kappa shape index (κ1) is 10.4. The van der Waals surface area contributed by atoms with Crippen LogP contribution in [0.3, 0.4) is 0 Å². The molecular formula is C10H16N2O3. The van der Waals surface area contributed by atoms with Crippen molar-refractivity contribution in [1.29, 1.82) is 0 Å². The maximum atomic E-state index is 11.7. The van der Waals surface area contributed by atoms with Gasteiger partial charge < -0.3 is 15.0 Å². The van der Waals surface area contributed by atoms with E-state index in [0.717, 1.165) is 25.9 Å². The second-order valence-electron chi connectivity index (χ2n) is 4.07. The minimum atomic E-state index is -0.422. The third-order valence-electron chi connectivity index (χ3n) is 3.09. The zero-order valence-corrected chi connectivity index (χ0v) is 8.86. The summed E-state index contributed by atoms with van der Waals surface area (Å²) in [7, 11) is 0. The van der Waals surface area contributed by atoms with Crippen molar-refractivity contribution in [2.24, 2.45) is 0 Å². The van der Waals surface area contributed by atoms with Gasteiger partial charge in [-0.15, -0.1) is 0 Å². The Morgan fingerprint density at radius 3 is 2.67 bits per heavy atom. The van der Waals surface area contributed by atoms with Gasteiger partial charge in [-0.25, -0.2) is 4.79 Å². The van der Waals surface area contributed by atoms with Gasteiger partial charge in [-0.3, -0.25) is 4.79 Å². The standard InChI is InChI=1S/C10H16N2O3/c1-7-10(14)15-6-9(13)12(7)8-2-4-11-5-3-8/h7-8,11H,2-6H2,1H3. The molecule has 1 N–H and O–H groups in total. The maximum absolute atomic E-state index is 11.7. The van der Waals surface area contributed by atoms with Crippen LogP contribution in [0.5, 0.6) is 0 Å². The van der Waals surface area contributed by atoms with Gasteiger partial charge in [0.15, 0.2) is 6.61 Å². The highest BCUT2D eigenvalue weighted by atomic mass is 16.5. The molecule has 2 fully saturated rings. The number of carbonyl (C=O) groups excluding carboxylic acids is 2. The maximum Gasteiger partial charge on any atom is 0.329 e. The average Bonchev–Trinajstić information content (AvgIpc) is 2.26. The number of hydrogen-bond acceptors (Lipinski definition) is 4. The number of cyclic esters (lactones) is 1. The number of nitrogens with one attached hydrogen (secondary N) is 1. The summed E-state index contributed by atoms with van der Waals surface area (Å²) in [5, 5.41) is 3.24. The molecule has 1 amide bonds. The summed E-state index contributed by atoms with van der Waals surface area (Å²) < 4.78 is 4.78. The molecule has 84 valence electrons. The molecule has 5 heteroatoms. The first-order valence-electron chi connectivity index (χ1n) is 5.38. The van der Waals surface area contributed by atoms with E-state index in [2.05, 4.69) is 5.32 Å². The fraction of sp³-hybridized carbons (Fsp3) is 0.800. The van der Waals surface area contributed by atoms with Crippen LogP contribution in [0.25, 0.3) is 0 Å². The summed E-state index contributed by atoms with van der Waals surface area (Å²) in [5.41, 5.74) is 0. The minimum absolute atomic E-state index is 0.0611. The van der Waals surface area contributed by atoms with Crippen molar-refractivity contribution in [3.8, 4) is 0 Å². The van der Waals surface area contributed by atoms with Crippen LogP contribution in [0.4, 0.5) is 0 Å². The second-order valence-corrected chi connectivity index (χ2v) is 4.07. The average molecular weight is 212 g/mol. The van der Waals surface area contributed by atoms with Gasteiger partial charge in [0.1, 0.15) is 6.04 Å². The lowest BCUT2D eigenvalue weighted by Crippen LogP contribution is -2.57. The Morgan fingerprint density at radius 1 is 1.33 bits per heavy atom. The number of carbonyl (C=O) groups is 2. The van der Waals surface area contributed by atoms with E-state index in [-0.39, 0.29) is 24.5 Å². The lowest BCUT2D eigenvalue weighted by atomic mass is 10.0. The van der Waals surface area contributed by atoms with E-state index < -0.39 is 6.04 Å². The molecule has 0 saturated carbocycles. The molecule has 0 aromatic carbocycles. The Bertz CT molecular complexity index is 274. The number of esters is 1. The Hall–Kier alpha value is -1.10. The third-order valence-corrected chi connectivity index (χ3v) is 3.09. The topological polar surface area (TPSA) is 58.6 Å². The Kier molecular flexibility index (Phi) is 2.90. The predicted molar refractivity (Wildman–Crippen MR) is 53.2 cm³/mol. The van der Waals surface area contributed by atoms with Crippen LogP contribution in [0, 0.1) is 0 Å². The van der Waals surface area contributed by atoms with Gasteiger partial charge in [-0.1, -0.05) is 0 Å². The summed E-state index contributed by atoms with van der Waals surface area (Å²) in [6.07, 6.45) is 1.84. The number of rotatable bonds is 1. The van der Waals surface area contributed by atoms with E-state index in [9.17, 15) is 9.59 Å². The van der Waals surface area contributed by atoms with Crippen molar-refractivity contribution in [2.75, 3.05) is 19.7 Å². The molecule has 0 bridgehead atoms. The minimum Gasteiger partial charge on any atom is -0.454 e. The van der Waals surface area contributed by atoms with Crippen LogP contribution < -0.4 is 5.32 Å². The van der Waals surface area contributed by atoms with Crippen molar-refractivity contribution in [1.82, 2.24) is 10.2 Å². The van der Waals surface area contributed by atoms with Gasteiger partial charge in [0.05, 0.1) is 0 Å². The summed E-state index contributed by atoms with van der Waals surface area (Å²) >= 11 is 0. The summed E-state index contributed by atoms with van der Waals surface area (Å²) in [5.74, 6) is -0.345. The van der Waals surface area contributed by atoms with E-state index in [1.807, 2.05) is 0 Å². The molecule has 2 aliphatic heterocycles. The van der Waals surface area contributed by atoms with Crippen molar-refractivity contribution in [2.45, 2.75) is 31.8 Å².